The smallest absolute Gasteiger partial charge is 0.240 e. The highest BCUT2D eigenvalue weighted by Gasteiger charge is 2.56. The highest BCUT2D eigenvalue weighted by molar-refractivity contribution is 6.13. The minimum Gasteiger partial charge on any atom is -0.497 e. The number of hydrogen-bond acceptors (Lipinski definition) is 3. The summed E-state index contributed by atoms with van der Waals surface area (Å²) >= 11 is 0. The van der Waals surface area contributed by atoms with E-state index >= 15 is 0 Å². The third-order valence-corrected chi connectivity index (χ3v) is 3.96. The zero-order valence-electron chi connectivity index (χ0n) is 12.7. The third-order valence-electron chi connectivity index (χ3n) is 3.96. The van der Waals surface area contributed by atoms with Crippen LogP contribution in [0, 0.1) is 5.41 Å². The van der Waals surface area contributed by atoms with E-state index in [9.17, 15) is 9.59 Å². The first kappa shape index (κ1) is 15.4. The minimum atomic E-state index is -0.886. The second-order valence-electron chi connectivity index (χ2n) is 5.55. The van der Waals surface area contributed by atoms with Crippen molar-refractivity contribution in [2.24, 2.45) is 5.41 Å². The molecule has 5 heteroatoms. The number of carbonyl (C=O) groups is 2. The molecule has 2 amide bonds. The van der Waals surface area contributed by atoms with E-state index in [4.69, 9.17) is 4.74 Å². The number of amides is 2. The summed E-state index contributed by atoms with van der Waals surface area (Å²) in [5.41, 5.74) is -0.216. The van der Waals surface area contributed by atoms with Crippen LogP contribution in [0.2, 0.25) is 0 Å². The van der Waals surface area contributed by atoms with Gasteiger partial charge in [0.1, 0.15) is 11.2 Å². The van der Waals surface area contributed by atoms with Crippen LogP contribution in [0.25, 0.3) is 0 Å². The van der Waals surface area contributed by atoms with E-state index in [1.54, 1.807) is 31.4 Å². The van der Waals surface area contributed by atoms with Crippen molar-refractivity contribution in [1.82, 2.24) is 5.32 Å². The molecule has 2 rings (SSSR count). The molecule has 1 aliphatic rings. The maximum atomic E-state index is 12.4. The van der Waals surface area contributed by atoms with Crippen molar-refractivity contribution >= 4 is 17.5 Å². The second-order valence-corrected chi connectivity index (χ2v) is 5.55. The summed E-state index contributed by atoms with van der Waals surface area (Å²) in [6, 6.07) is 7.16. The molecule has 1 saturated carbocycles. The quantitative estimate of drug-likeness (QED) is 0.790. The van der Waals surface area contributed by atoms with Gasteiger partial charge in [-0.25, -0.2) is 0 Å². The van der Waals surface area contributed by atoms with Crippen LogP contribution in [-0.4, -0.2) is 25.0 Å². The Morgan fingerprint density at radius 3 is 2.33 bits per heavy atom. The predicted molar refractivity (Wildman–Crippen MR) is 81.2 cm³/mol. The van der Waals surface area contributed by atoms with Crippen molar-refractivity contribution in [1.29, 1.82) is 0 Å². The topological polar surface area (TPSA) is 67.4 Å². The lowest BCUT2D eigenvalue weighted by Gasteiger charge is -2.18. The van der Waals surface area contributed by atoms with Crippen LogP contribution in [0.15, 0.2) is 24.3 Å². The van der Waals surface area contributed by atoms with Crippen LogP contribution >= 0.6 is 0 Å². The number of rotatable bonds is 6. The summed E-state index contributed by atoms with van der Waals surface area (Å²) in [6.07, 6.45) is 2.07. The van der Waals surface area contributed by atoms with E-state index in [2.05, 4.69) is 10.6 Å². The number of benzene rings is 1. The summed E-state index contributed by atoms with van der Waals surface area (Å²) in [5.74, 6) is 0.333. The average molecular weight is 290 g/mol. The fraction of sp³-hybridized carbons (Fsp3) is 0.500. The van der Waals surface area contributed by atoms with Crippen molar-refractivity contribution in [3.05, 3.63) is 24.3 Å². The highest BCUT2D eigenvalue weighted by Crippen LogP contribution is 2.47. The van der Waals surface area contributed by atoms with E-state index in [-0.39, 0.29) is 17.9 Å². The Kier molecular flexibility index (Phi) is 4.50. The van der Waals surface area contributed by atoms with Gasteiger partial charge in [-0.1, -0.05) is 6.92 Å². The molecular weight excluding hydrogens is 268 g/mol. The van der Waals surface area contributed by atoms with Crippen molar-refractivity contribution < 1.29 is 14.3 Å². The monoisotopic (exact) mass is 290 g/mol. The van der Waals surface area contributed by atoms with Gasteiger partial charge in [0.15, 0.2) is 0 Å². The van der Waals surface area contributed by atoms with Crippen LogP contribution in [-0.2, 0) is 9.59 Å². The van der Waals surface area contributed by atoms with Gasteiger partial charge in [-0.3, -0.25) is 9.59 Å². The molecule has 0 aromatic heterocycles. The summed E-state index contributed by atoms with van der Waals surface area (Å²) in [5, 5.41) is 5.71. The maximum absolute atomic E-state index is 12.4. The Hall–Kier alpha value is -2.04. The molecule has 0 aliphatic heterocycles. The fourth-order valence-electron chi connectivity index (χ4n) is 2.07. The number of hydrogen-bond donors (Lipinski definition) is 2. The molecule has 0 bridgehead atoms. The minimum absolute atomic E-state index is 0.0868. The average Bonchev–Trinajstić information content (AvgIpc) is 3.29. The molecule has 0 spiro atoms. The van der Waals surface area contributed by atoms with Gasteiger partial charge in [-0.15, -0.1) is 0 Å². The lowest BCUT2D eigenvalue weighted by molar-refractivity contribution is -0.134. The van der Waals surface area contributed by atoms with E-state index in [0.717, 1.165) is 12.2 Å². The fourth-order valence-corrected chi connectivity index (χ4v) is 2.07. The molecule has 0 radical (unpaired) electrons. The standard InChI is InChI=1S/C16H22N2O3/c1-4-11(2)17-14(19)16(9-10-16)15(20)18-12-5-7-13(21-3)8-6-12/h5-8,11H,4,9-10H2,1-3H3,(H,17,19)(H,18,20). The van der Waals surface area contributed by atoms with Crippen LogP contribution in [0.5, 0.6) is 5.75 Å². The highest BCUT2D eigenvalue weighted by atomic mass is 16.5. The Balaban J connectivity index is 2.00. The molecule has 114 valence electrons. The second kappa shape index (κ2) is 6.16. The number of carbonyl (C=O) groups excluding carboxylic acids is 2. The molecule has 21 heavy (non-hydrogen) atoms. The molecule has 1 fully saturated rings. The summed E-state index contributed by atoms with van der Waals surface area (Å²) in [4.78, 5) is 24.6. The summed E-state index contributed by atoms with van der Waals surface area (Å²) in [6.45, 7) is 3.94. The molecular formula is C16H22N2O3. The molecule has 1 unspecified atom stereocenters. The summed E-state index contributed by atoms with van der Waals surface area (Å²) < 4.78 is 5.07. The SMILES string of the molecule is CCC(C)NC(=O)C1(C(=O)Nc2ccc(OC)cc2)CC1. The van der Waals surface area contributed by atoms with Gasteiger partial charge in [-0.2, -0.15) is 0 Å². The third kappa shape index (κ3) is 3.35. The van der Waals surface area contributed by atoms with Crippen molar-refractivity contribution in [3.8, 4) is 5.75 Å². The van der Waals surface area contributed by atoms with Crippen molar-refractivity contribution in [2.45, 2.75) is 39.2 Å². The normalized spacial score (nSPS) is 16.7. The van der Waals surface area contributed by atoms with Gasteiger partial charge in [-0.05, 0) is 50.5 Å². The molecule has 1 atom stereocenters. The van der Waals surface area contributed by atoms with Crippen molar-refractivity contribution in [2.75, 3.05) is 12.4 Å². The number of ether oxygens (including phenoxy) is 1. The van der Waals surface area contributed by atoms with Gasteiger partial charge >= 0.3 is 0 Å². The first-order chi connectivity index (χ1) is 10.0. The molecule has 1 aromatic carbocycles. The zero-order chi connectivity index (χ0) is 15.5. The predicted octanol–water partition coefficient (Wildman–Crippen LogP) is 2.33. The van der Waals surface area contributed by atoms with E-state index in [1.165, 1.54) is 0 Å². The molecule has 0 saturated heterocycles. The molecule has 2 N–H and O–H groups in total. The van der Waals surface area contributed by atoms with Crippen LogP contribution in [0.1, 0.15) is 33.1 Å². The first-order valence-corrected chi connectivity index (χ1v) is 7.28. The first-order valence-electron chi connectivity index (χ1n) is 7.28. The van der Waals surface area contributed by atoms with Crippen molar-refractivity contribution in [3.63, 3.8) is 0 Å². The number of nitrogens with one attached hydrogen (secondary N) is 2. The lowest BCUT2D eigenvalue weighted by Crippen LogP contribution is -2.43. The zero-order valence-corrected chi connectivity index (χ0v) is 12.7. The summed E-state index contributed by atoms with van der Waals surface area (Å²) in [7, 11) is 1.59. The Bertz CT molecular complexity index is 521. The lowest BCUT2D eigenvalue weighted by atomic mass is 10.0. The number of methoxy groups -OCH3 is 1. The van der Waals surface area contributed by atoms with E-state index in [0.29, 0.717) is 18.5 Å². The Labute approximate surface area is 125 Å². The molecule has 1 aromatic rings. The van der Waals surface area contributed by atoms with Gasteiger partial charge in [0, 0.05) is 11.7 Å². The number of anilines is 1. The largest absolute Gasteiger partial charge is 0.497 e. The molecule has 1 aliphatic carbocycles. The van der Waals surface area contributed by atoms with Crippen LogP contribution < -0.4 is 15.4 Å². The van der Waals surface area contributed by atoms with Crippen LogP contribution in [0.4, 0.5) is 5.69 Å². The molecule has 5 nitrogen and oxygen atoms in total. The van der Waals surface area contributed by atoms with Gasteiger partial charge in [0.05, 0.1) is 7.11 Å². The van der Waals surface area contributed by atoms with Gasteiger partial charge in [0.2, 0.25) is 11.8 Å². The Morgan fingerprint density at radius 2 is 1.86 bits per heavy atom. The van der Waals surface area contributed by atoms with E-state index in [1.807, 2.05) is 13.8 Å². The van der Waals surface area contributed by atoms with E-state index < -0.39 is 5.41 Å². The maximum Gasteiger partial charge on any atom is 0.240 e. The molecule has 0 heterocycles. The van der Waals surface area contributed by atoms with Crippen LogP contribution in [0.3, 0.4) is 0 Å². The Morgan fingerprint density at radius 1 is 1.24 bits per heavy atom. The van der Waals surface area contributed by atoms with Gasteiger partial charge < -0.3 is 15.4 Å². The van der Waals surface area contributed by atoms with Gasteiger partial charge in [0.25, 0.3) is 0 Å².